The van der Waals surface area contributed by atoms with Crippen LogP contribution in [0.5, 0.6) is 0 Å². The molecule has 0 aliphatic carbocycles. The van der Waals surface area contributed by atoms with Crippen LogP contribution in [0.15, 0.2) is 24.7 Å². The van der Waals surface area contributed by atoms with Gasteiger partial charge in [-0.25, -0.2) is 0 Å². The number of hydrogen-bond donors (Lipinski definition) is 0. The molecule has 6 heteroatoms. The van der Waals surface area contributed by atoms with Gasteiger partial charge in [0.15, 0.2) is 0 Å². The second-order valence-electron chi connectivity index (χ2n) is 5.66. The summed E-state index contributed by atoms with van der Waals surface area (Å²) in [5.41, 5.74) is 2.79. The van der Waals surface area contributed by atoms with E-state index in [0.717, 1.165) is 49.6 Å². The predicted molar refractivity (Wildman–Crippen MR) is 83.2 cm³/mol. The van der Waals surface area contributed by atoms with Gasteiger partial charge >= 0.3 is 0 Å². The largest absolute Gasteiger partial charge is 0.342 e. The number of carbonyl (C=O) groups excluding carboxylic acids is 1. The van der Waals surface area contributed by atoms with Gasteiger partial charge in [-0.3, -0.25) is 19.4 Å². The van der Waals surface area contributed by atoms with E-state index < -0.39 is 0 Å². The van der Waals surface area contributed by atoms with Crippen molar-refractivity contribution in [3.8, 4) is 11.4 Å². The van der Waals surface area contributed by atoms with Crippen LogP contribution >= 0.6 is 0 Å². The monoisotopic (exact) mass is 299 g/mol. The van der Waals surface area contributed by atoms with Crippen molar-refractivity contribution in [1.82, 2.24) is 24.6 Å². The normalized spacial score (nSPS) is 18.5. The SMILES string of the molecule is CCn1nccc1-c1cnc(C2CCCN(C(C)=O)C2)cn1. The highest BCUT2D eigenvalue weighted by Gasteiger charge is 2.24. The van der Waals surface area contributed by atoms with E-state index in [0.29, 0.717) is 0 Å². The Morgan fingerprint density at radius 2 is 2.23 bits per heavy atom. The number of aryl methyl sites for hydroxylation is 1. The molecule has 0 bridgehead atoms. The van der Waals surface area contributed by atoms with E-state index in [9.17, 15) is 4.79 Å². The van der Waals surface area contributed by atoms with Gasteiger partial charge in [-0.2, -0.15) is 5.10 Å². The molecule has 2 aromatic heterocycles. The highest BCUT2D eigenvalue weighted by Crippen LogP contribution is 2.26. The number of amides is 1. The summed E-state index contributed by atoms with van der Waals surface area (Å²) < 4.78 is 1.90. The van der Waals surface area contributed by atoms with E-state index in [1.807, 2.05) is 28.0 Å². The fourth-order valence-electron chi connectivity index (χ4n) is 2.99. The van der Waals surface area contributed by atoms with Crippen molar-refractivity contribution in [1.29, 1.82) is 0 Å². The number of carbonyl (C=O) groups is 1. The summed E-state index contributed by atoms with van der Waals surface area (Å²) in [6.07, 6.45) is 7.52. The molecule has 1 saturated heterocycles. The zero-order valence-electron chi connectivity index (χ0n) is 13.1. The third-order valence-electron chi connectivity index (χ3n) is 4.24. The smallest absolute Gasteiger partial charge is 0.219 e. The Morgan fingerprint density at radius 3 is 2.91 bits per heavy atom. The molecule has 0 saturated carbocycles. The summed E-state index contributed by atoms with van der Waals surface area (Å²) in [5.74, 6) is 0.427. The number of piperidine rings is 1. The van der Waals surface area contributed by atoms with Crippen LogP contribution in [0.2, 0.25) is 0 Å². The number of hydrogen-bond acceptors (Lipinski definition) is 4. The van der Waals surface area contributed by atoms with E-state index in [-0.39, 0.29) is 11.8 Å². The maximum absolute atomic E-state index is 11.5. The van der Waals surface area contributed by atoms with Gasteiger partial charge in [0.05, 0.1) is 17.6 Å². The van der Waals surface area contributed by atoms with Gasteiger partial charge in [-0.05, 0) is 25.8 Å². The van der Waals surface area contributed by atoms with Crippen LogP contribution in [0.4, 0.5) is 0 Å². The minimum Gasteiger partial charge on any atom is -0.342 e. The molecule has 1 atom stereocenters. The minimum absolute atomic E-state index is 0.140. The average Bonchev–Trinajstić information content (AvgIpc) is 3.04. The van der Waals surface area contributed by atoms with Crippen LogP contribution in [0.3, 0.4) is 0 Å². The van der Waals surface area contributed by atoms with Gasteiger partial charge < -0.3 is 4.90 Å². The Bertz CT molecular complexity index is 649. The van der Waals surface area contributed by atoms with Crippen molar-refractivity contribution >= 4 is 5.91 Å². The lowest BCUT2D eigenvalue weighted by molar-refractivity contribution is -0.130. The number of aromatic nitrogens is 4. The Morgan fingerprint density at radius 1 is 1.36 bits per heavy atom. The molecule has 1 aliphatic heterocycles. The second-order valence-corrected chi connectivity index (χ2v) is 5.66. The Labute approximate surface area is 130 Å². The van der Waals surface area contributed by atoms with Crippen LogP contribution in [0, 0.1) is 0 Å². The first-order valence-corrected chi connectivity index (χ1v) is 7.78. The average molecular weight is 299 g/mol. The lowest BCUT2D eigenvalue weighted by atomic mass is 9.95. The van der Waals surface area contributed by atoms with Crippen LogP contribution < -0.4 is 0 Å². The number of nitrogens with zero attached hydrogens (tertiary/aromatic N) is 5. The van der Waals surface area contributed by atoms with Gasteiger partial charge in [0.25, 0.3) is 0 Å². The highest BCUT2D eigenvalue weighted by atomic mass is 16.2. The molecule has 0 spiro atoms. The molecule has 1 unspecified atom stereocenters. The Balaban J connectivity index is 1.78. The van der Waals surface area contributed by atoms with Crippen molar-refractivity contribution in [2.75, 3.05) is 13.1 Å². The minimum atomic E-state index is 0.140. The summed E-state index contributed by atoms with van der Waals surface area (Å²) in [5, 5.41) is 4.26. The second kappa shape index (κ2) is 6.25. The van der Waals surface area contributed by atoms with E-state index in [2.05, 4.69) is 22.0 Å². The zero-order chi connectivity index (χ0) is 15.5. The van der Waals surface area contributed by atoms with E-state index in [1.165, 1.54) is 0 Å². The number of likely N-dealkylation sites (tertiary alicyclic amines) is 1. The third kappa shape index (κ3) is 2.86. The lowest BCUT2D eigenvalue weighted by Gasteiger charge is -2.31. The summed E-state index contributed by atoms with van der Waals surface area (Å²) >= 11 is 0. The first kappa shape index (κ1) is 14.7. The topological polar surface area (TPSA) is 63.9 Å². The van der Waals surface area contributed by atoms with Crippen molar-refractivity contribution in [3.05, 3.63) is 30.4 Å². The van der Waals surface area contributed by atoms with Crippen LogP contribution in [-0.2, 0) is 11.3 Å². The van der Waals surface area contributed by atoms with Crippen LogP contribution in [-0.4, -0.2) is 43.6 Å². The lowest BCUT2D eigenvalue weighted by Crippen LogP contribution is -2.37. The van der Waals surface area contributed by atoms with Crippen LogP contribution in [0.1, 0.15) is 38.3 Å². The molecule has 1 amide bonds. The first-order chi connectivity index (χ1) is 10.7. The molecule has 1 fully saturated rings. The van der Waals surface area contributed by atoms with Gasteiger partial charge in [-0.1, -0.05) is 0 Å². The maximum Gasteiger partial charge on any atom is 0.219 e. The molecular weight excluding hydrogens is 278 g/mol. The molecule has 6 nitrogen and oxygen atoms in total. The Hall–Kier alpha value is -2.24. The van der Waals surface area contributed by atoms with Gasteiger partial charge in [0, 0.05) is 44.9 Å². The molecule has 116 valence electrons. The summed E-state index contributed by atoms with van der Waals surface area (Å²) in [7, 11) is 0. The highest BCUT2D eigenvalue weighted by molar-refractivity contribution is 5.73. The molecule has 22 heavy (non-hydrogen) atoms. The summed E-state index contributed by atoms with van der Waals surface area (Å²) in [6.45, 7) is 6.09. The van der Waals surface area contributed by atoms with Crippen molar-refractivity contribution < 1.29 is 4.79 Å². The molecule has 0 aromatic carbocycles. The third-order valence-corrected chi connectivity index (χ3v) is 4.24. The van der Waals surface area contributed by atoms with Crippen molar-refractivity contribution in [2.45, 2.75) is 39.2 Å². The first-order valence-electron chi connectivity index (χ1n) is 7.78. The van der Waals surface area contributed by atoms with Gasteiger partial charge in [0.2, 0.25) is 5.91 Å². The molecule has 3 rings (SSSR count). The quantitative estimate of drug-likeness (QED) is 0.870. The zero-order valence-corrected chi connectivity index (χ0v) is 13.1. The maximum atomic E-state index is 11.5. The van der Waals surface area contributed by atoms with Gasteiger partial charge in [-0.15, -0.1) is 0 Å². The molecule has 0 N–H and O–H groups in total. The molecule has 1 aliphatic rings. The molecule has 3 heterocycles. The fourth-order valence-corrected chi connectivity index (χ4v) is 2.99. The standard InChI is InChI=1S/C16H21N5O/c1-3-21-16(6-7-19-21)15-10-17-14(9-18-15)13-5-4-8-20(11-13)12(2)22/h6-7,9-10,13H,3-5,8,11H2,1-2H3. The summed E-state index contributed by atoms with van der Waals surface area (Å²) in [4.78, 5) is 22.6. The molecular formula is C16H21N5O. The van der Waals surface area contributed by atoms with Gasteiger partial charge in [0.1, 0.15) is 5.69 Å². The van der Waals surface area contributed by atoms with Crippen LogP contribution in [0.25, 0.3) is 11.4 Å². The van der Waals surface area contributed by atoms with Crippen molar-refractivity contribution in [2.24, 2.45) is 0 Å². The van der Waals surface area contributed by atoms with E-state index in [4.69, 9.17) is 0 Å². The Kier molecular flexibility index (Phi) is 4.18. The molecule has 0 radical (unpaired) electrons. The number of rotatable bonds is 3. The predicted octanol–water partition coefficient (Wildman–Crippen LogP) is 2.09. The summed E-state index contributed by atoms with van der Waals surface area (Å²) in [6, 6.07) is 1.95. The van der Waals surface area contributed by atoms with E-state index >= 15 is 0 Å². The van der Waals surface area contributed by atoms with E-state index in [1.54, 1.807) is 13.1 Å². The molecule has 2 aromatic rings. The fraction of sp³-hybridized carbons (Fsp3) is 0.500. The van der Waals surface area contributed by atoms with Crippen molar-refractivity contribution in [3.63, 3.8) is 0 Å².